The molecule has 0 bridgehead atoms. The molecule has 2 rings (SSSR count). The maximum absolute atomic E-state index is 5.39. The molecular weight excluding hydrogens is 410 g/mol. The fourth-order valence-electron chi connectivity index (χ4n) is 2.50. The zero-order chi connectivity index (χ0) is 19.6. The van der Waals surface area contributed by atoms with E-state index in [9.17, 15) is 0 Å². The molecule has 0 saturated heterocycles. The molecule has 2 N–H and O–H groups in total. The highest BCUT2D eigenvalue weighted by Crippen LogP contribution is 2.36. The summed E-state index contributed by atoms with van der Waals surface area (Å²) in [5.74, 6) is 2.95. The number of aliphatic imine (C=N–C) groups is 1. The van der Waals surface area contributed by atoms with Crippen LogP contribution in [0.2, 0.25) is 0 Å². The van der Waals surface area contributed by atoms with E-state index in [1.54, 1.807) is 21.3 Å². The van der Waals surface area contributed by atoms with E-state index in [1.807, 2.05) is 43.3 Å². The summed E-state index contributed by atoms with van der Waals surface area (Å²) in [7, 11) is 4.90. The number of nitrogens with one attached hydrogen (secondary N) is 2. The molecule has 0 fully saturated rings. The first kappa shape index (κ1) is 20.9. The summed E-state index contributed by atoms with van der Waals surface area (Å²) >= 11 is 3.51. The molecule has 0 saturated carbocycles. The number of hydrogen-bond acceptors (Lipinski definition) is 4. The lowest BCUT2D eigenvalue weighted by Gasteiger charge is -2.13. The summed E-state index contributed by atoms with van der Waals surface area (Å²) in [6.45, 7) is 4.00. The molecule has 0 amide bonds. The number of benzene rings is 2. The highest BCUT2D eigenvalue weighted by atomic mass is 79.9. The van der Waals surface area contributed by atoms with Crippen molar-refractivity contribution in [2.75, 3.05) is 27.9 Å². The quantitative estimate of drug-likeness (QED) is 0.488. The summed E-state index contributed by atoms with van der Waals surface area (Å²) in [4.78, 5) is 4.66. The van der Waals surface area contributed by atoms with Crippen LogP contribution in [0.5, 0.6) is 17.2 Å². The van der Waals surface area contributed by atoms with Crippen molar-refractivity contribution in [3.05, 3.63) is 52.0 Å². The highest BCUT2D eigenvalue weighted by Gasteiger charge is 2.10. The summed E-state index contributed by atoms with van der Waals surface area (Å²) < 4.78 is 16.8. The number of halogens is 1. The molecule has 2 aromatic rings. The van der Waals surface area contributed by atoms with Gasteiger partial charge in [0.2, 0.25) is 0 Å². The van der Waals surface area contributed by atoms with Gasteiger partial charge in [0, 0.05) is 13.1 Å². The third-order valence-electron chi connectivity index (χ3n) is 3.88. The largest absolute Gasteiger partial charge is 0.497 e. The van der Waals surface area contributed by atoms with E-state index in [0.29, 0.717) is 24.6 Å². The molecule has 0 aliphatic heterocycles. The smallest absolute Gasteiger partial charge is 0.191 e. The van der Waals surface area contributed by atoms with E-state index < -0.39 is 0 Å². The lowest BCUT2D eigenvalue weighted by molar-refractivity contribution is 0.352. The molecule has 2 aromatic carbocycles. The van der Waals surface area contributed by atoms with Gasteiger partial charge < -0.3 is 24.8 Å². The van der Waals surface area contributed by atoms with Crippen LogP contribution in [0.1, 0.15) is 18.1 Å². The number of ether oxygens (including phenoxy) is 3. The Balaban J connectivity index is 2.07. The van der Waals surface area contributed by atoms with Gasteiger partial charge in [0.25, 0.3) is 0 Å². The Morgan fingerprint density at radius 3 is 2.30 bits per heavy atom. The van der Waals surface area contributed by atoms with Gasteiger partial charge in [-0.3, -0.25) is 0 Å². The molecule has 0 aromatic heterocycles. The van der Waals surface area contributed by atoms with Gasteiger partial charge in [0.05, 0.1) is 32.3 Å². The molecule has 0 unspecified atom stereocenters. The number of methoxy groups -OCH3 is 3. The first-order chi connectivity index (χ1) is 13.1. The second-order valence-corrected chi connectivity index (χ2v) is 6.56. The van der Waals surface area contributed by atoms with Crippen molar-refractivity contribution in [2.24, 2.45) is 4.99 Å². The first-order valence-electron chi connectivity index (χ1n) is 8.66. The number of nitrogens with zero attached hydrogens (tertiary/aromatic N) is 1. The van der Waals surface area contributed by atoms with E-state index in [4.69, 9.17) is 14.2 Å². The Labute approximate surface area is 169 Å². The topological polar surface area (TPSA) is 64.1 Å². The molecule has 0 radical (unpaired) electrons. The van der Waals surface area contributed by atoms with Crippen molar-refractivity contribution in [3.63, 3.8) is 0 Å². The average molecular weight is 436 g/mol. The zero-order valence-electron chi connectivity index (χ0n) is 16.1. The highest BCUT2D eigenvalue weighted by molar-refractivity contribution is 9.10. The predicted octanol–water partition coefficient (Wildman–Crippen LogP) is 3.73. The Morgan fingerprint density at radius 1 is 0.963 bits per heavy atom. The van der Waals surface area contributed by atoms with Gasteiger partial charge in [-0.1, -0.05) is 12.1 Å². The third-order valence-corrected chi connectivity index (χ3v) is 4.47. The van der Waals surface area contributed by atoms with Crippen LogP contribution in [-0.4, -0.2) is 33.8 Å². The number of rotatable bonds is 8. The van der Waals surface area contributed by atoms with E-state index in [0.717, 1.165) is 33.9 Å². The Bertz CT molecular complexity index is 764. The minimum atomic E-state index is 0.511. The van der Waals surface area contributed by atoms with Gasteiger partial charge in [-0.15, -0.1) is 0 Å². The van der Waals surface area contributed by atoms with Crippen LogP contribution in [0.4, 0.5) is 0 Å². The molecule has 6 nitrogen and oxygen atoms in total. The second kappa shape index (κ2) is 10.7. The minimum absolute atomic E-state index is 0.511. The molecule has 0 spiro atoms. The standard InChI is InChI=1S/C20H26BrN3O3/c1-5-22-20(23-12-14-6-8-16(25-2)9-7-14)24-13-15-10-17(21)19(27-4)18(11-15)26-3/h6-11H,5,12-13H2,1-4H3,(H2,22,23,24). The van der Waals surface area contributed by atoms with Gasteiger partial charge in [-0.25, -0.2) is 4.99 Å². The Hall–Kier alpha value is -2.41. The summed E-state index contributed by atoms with van der Waals surface area (Å²) in [6, 6.07) is 11.9. The van der Waals surface area contributed by atoms with Crippen LogP contribution in [0, 0.1) is 0 Å². The Morgan fingerprint density at radius 2 is 1.70 bits per heavy atom. The van der Waals surface area contributed by atoms with Gasteiger partial charge >= 0.3 is 0 Å². The van der Waals surface area contributed by atoms with E-state index in [1.165, 1.54) is 0 Å². The number of hydrogen-bond donors (Lipinski definition) is 2. The van der Waals surface area contributed by atoms with Gasteiger partial charge in [-0.2, -0.15) is 0 Å². The van der Waals surface area contributed by atoms with E-state index in [-0.39, 0.29) is 0 Å². The van der Waals surface area contributed by atoms with Crippen molar-refractivity contribution in [1.82, 2.24) is 10.6 Å². The maximum atomic E-state index is 5.39. The van der Waals surface area contributed by atoms with Gasteiger partial charge in [0.1, 0.15) is 5.75 Å². The third kappa shape index (κ3) is 6.06. The van der Waals surface area contributed by atoms with Gasteiger partial charge in [0.15, 0.2) is 17.5 Å². The first-order valence-corrected chi connectivity index (χ1v) is 9.46. The normalized spacial score (nSPS) is 11.1. The molecule has 27 heavy (non-hydrogen) atoms. The van der Waals surface area contributed by atoms with Crippen LogP contribution in [0.25, 0.3) is 0 Å². The Kier molecular flexibility index (Phi) is 8.26. The van der Waals surface area contributed by atoms with E-state index >= 15 is 0 Å². The fraction of sp³-hybridized carbons (Fsp3) is 0.350. The second-order valence-electron chi connectivity index (χ2n) is 5.71. The van der Waals surface area contributed by atoms with Crippen molar-refractivity contribution in [3.8, 4) is 17.2 Å². The van der Waals surface area contributed by atoms with Crippen molar-refractivity contribution < 1.29 is 14.2 Å². The molecule has 146 valence electrons. The fourth-order valence-corrected chi connectivity index (χ4v) is 3.16. The molecule has 0 aliphatic carbocycles. The van der Waals surface area contributed by atoms with Crippen LogP contribution in [-0.2, 0) is 13.1 Å². The summed E-state index contributed by atoms with van der Waals surface area (Å²) in [6.07, 6.45) is 0. The molecule has 7 heteroatoms. The lowest BCUT2D eigenvalue weighted by atomic mass is 10.2. The molecule has 0 aliphatic rings. The van der Waals surface area contributed by atoms with Crippen LogP contribution >= 0.6 is 15.9 Å². The monoisotopic (exact) mass is 435 g/mol. The molecular formula is C20H26BrN3O3. The predicted molar refractivity (Wildman–Crippen MR) is 112 cm³/mol. The van der Waals surface area contributed by atoms with Crippen LogP contribution in [0.15, 0.2) is 45.9 Å². The minimum Gasteiger partial charge on any atom is -0.497 e. The summed E-state index contributed by atoms with van der Waals surface area (Å²) in [5.41, 5.74) is 2.16. The van der Waals surface area contributed by atoms with Gasteiger partial charge in [-0.05, 0) is 58.2 Å². The van der Waals surface area contributed by atoms with Crippen molar-refractivity contribution >= 4 is 21.9 Å². The van der Waals surface area contributed by atoms with Crippen LogP contribution < -0.4 is 24.8 Å². The van der Waals surface area contributed by atoms with Crippen molar-refractivity contribution in [1.29, 1.82) is 0 Å². The summed E-state index contributed by atoms with van der Waals surface area (Å²) in [5, 5.41) is 6.60. The number of guanidine groups is 1. The van der Waals surface area contributed by atoms with Crippen molar-refractivity contribution in [2.45, 2.75) is 20.0 Å². The zero-order valence-corrected chi connectivity index (χ0v) is 17.7. The van der Waals surface area contributed by atoms with Crippen LogP contribution in [0.3, 0.4) is 0 Å². The average Bonchev–Trinajstić information content (AvgIpc) is 2.69. The molecule has 0 heterocycles. The maximum Gasteiger partial charge on any atom is 0.191 e. The SMILES string of the molecule is CCNC(=NCc1cc(Br)c(OC)c(OC)c1)NCc1ccc(OC)cc1. The van der Waals surface area contributed by atoms with E-state index in [2.05, 4.69) is 31.6 Å². The molecule has 0 atom stereocenters. The lowest BCUT2D eigenvalue weighted by Crippen LogP contribution is -2.36.